The van der Waals surface area contributed by atoms with Gasteiger partial charge in [0, 0.05) is 18.7 Å². The Morgan fingerprint density at radius 3 is 2.11 bits per heavy atom. The van der Waals surface area contributed by atoms with Crippen LogP contribution < -0.4 is 5.19 Å². The highest BCUT2D eigenvalue weighted by molar-refractivity contribution is 6.72. The lowest BCUT2D eigenvalue weighted by Gasteiger charge is -2.42. The van der Waals surface area contributed by atoms with E-state index in [1.54, 1.807) is 0 Å². The highest BCUT2D eigenvalue weighted by atomic mass is 28.3. The van der Waals surface area contributed by atoms with E-state index in [-0.39, 0.29) is 12.0 Å². The lowest BCUT2D eigenvalue weighted by molar-refractivity contribution is 0.108. The Hall–Kier alpha value is -1.73. The van der Waals surface area contributed by atoms with Crippen molar-refractivity contribution in [1.82, 2.24) is 4.90 Å². The molecule has 1 heterocycles. The molecule has 1 radical (unpaired) electrons. The van der Waals surface area contributed by atoms with Gasteiger partial charge in [-0.3, -0.25) is 4.90 Å². The number of hydrogen-bond donors (Lipinski definition) is 0. The van der Waals surface area contributed by atoms with Crippen LogP contribution in [0, 0.1) is 34.5 Å². The maximum atomic E-state index is 14.0. The first-order chi connectivity index (χ1) is 13.2. The summed E-state index contributed by atoms with van der Waals surface area (Å²) in [5.41, 5.74) is -0.799. The van der Waals surface area contributed by atoms with Crippen LogP contribution in [0.15, 0.2) is 30.3 Å². The molecule has 0 aromatic heterocycles. The van der Waals surface area contributed by atoms with Gasteiger partial charge >= 0.3 is 0 Å². The molecule has 0 spiro atoms. The fourth-order valence-corrected chi connectivity index (χ4v) is 6.72. The summed E-state index contributed by atoms with van der Waals surface area (Å²) >= 11 is 0. The molecule has 2 aromatic carbocycles. The van der Waals surface area contributed by atoms with E-state index in [9.17, 15) is 22.0 Å². The average molecular weight is 412 g/mol. The van der Waals surface area contributed by atoms with Crippen molar-refractivity contribution in [3.05, 3.63) is 65.0 Å². The largest absolute Gasteiger partial charge is 0.298 e. The van der Waals surface area contributed by atoms with Gasteiger partial charge in [0.1, 0.15) is 0 Å². The standard InChI is InChI=1S/C21H23F5NSi/c1-21(13-28(2)14-7-4-3-5-8-14)9-6-10-27(12-21)11-15-16(22)18(24)20(26)19(25)17(15)23/h3-5,7-8H,6,9-13H2,1-2H3. The first-order valence-corrected chi connectivity index (χ1v) is 11.5. The highest BCUT2D eigenvalue weighted by Gasteiger charge is 2.35. The predicted octanol–water partition coefficient (Wildman–Crippen LogP) is 5.02. The Morgan fingerprint density at radius 2 is 1.50 bits per heavy atom. The normalized spacial score (nSPS) is 20.7. The molecule has 1 fully saturated rings. The third kappa shape index (κ3) is 4.30. The summed E-state index contributed by atoms with van der Waals surface area (Å²) in [6.07, 6.45) is 1.81. The van der Waals surface area contributed by atoms with E-state index in [0.29, 0.717) is 13.1 Å². The van der Waals surface area contributed by atoms with E-state index in [1.165, 1.54) is 5.19 Å². The Morgan fingerprint density at radius 1 is 0.929 bits per heavy atom. The minimum Gasteiger partial charge on any atom is -0.298 e. The molecule has 1 aliphatic heterocycles. The maximum absolute atomic E-state index is 14.0. The molecule has 0 aliphatic carbocycles. The van der Waals surface area contributed by atoms with Crippen molar-refractivity contribution in [3.63, 3.8) is 0 Å². The van der Waals surface area contributed by atoms with Crippen LogP contribution in [0.2, 0.25) is 12.6 Å². The van der Waals surface area contributed by atoms with Gasteiger partial charge in [0.15, 0.2) is 23.3 Å². The molecule has 1 saturated heterocycles. The molecule has 0 amide bonds. The van der Waals surface area contributed by atoms with Crippen molar-refractivity contribution in [1.29, 1.82) is 0 Å². The highest BCUT2D eigenvalue weighted by Crippen LogP contribution is 2.36. The summed E-state index contributed by atoms with van der Waals surface area (Å²) in [5.74, 6) is -9.32. The Kier molecular flexibility index (Phi) is 6.24. The average Bonchev–Trinajstić information content (AvgIpc) is 2.68. The van der Waals surface area contributed by atoms with Crippen LogP contribution in [-0.2, 0) is 6.54 Å². The van der Waals surface area contributed by atoms with Gasteiger partial charge in [0.2, 0.25) is 5.82 Å². The number of rotatable bonds is 5. The lowest BCUT2D eigenvalue weighted by atomic mass is 9.83. The first-order valence-electron chi connectivity index (χ1n) is 9.32. The third-order valence-corrected chi connectivity index (χ3v) is 8.20. The summed E-state index contributed by atoms with van der Waals surface area (Å²) in [7, 11) is -0.798. The molecular formula is C21H23F5NSi. The van der Waals surface area contributed by atoms with Crippen LogP contribution in [0.1, 0.15) is 25.3 Å². The van der Waals surface area contributed by atoms with Crippen LogP contribution in [0.25, 0.3) is 0 Å². The molecule has 28 heavy (non-hydrogen) atoms. The summed E-state index contributed by atoms with van der Waals surface area (Å²) in [5, 5.41) is 1.32. The molecule has 1 aliphatic rings. The molecule has 7 heteroatoms. The van der Waals surface area contributed by atoms with Crippen molar-refractivity contribution in [2.24, 2.45) is 5.41 Å². The van der Waals surface area contributed by atoms with E-state index in [2.05, 4.69) is 25.6 Å². The quantitative estimate of drug-likeness (QED) is 0.289. The van der Waals surface area contributed by atoms with Crippen LogP contribution in [0.4, 0.5) is 22.0 Å². The summed E-state index contributed by atoms with van der Waals surface area (Å²) in [4.78, 5) is 1.81. The maximum Gasteiger partial charge on any atom is 0.200 e. The van der Waals surface area contributed by atoms with Crippen LogP contribution in [-0.4, -0.2) is 26.8 Å². The van der Waals surface area contributed by atoms with Crippen LogP contribution >= 0.6 is 0 Å². The third-order valence-electron chi connectivity index (χ3n) is 5.50. The van der Waals surface area contributed by atoms with Gasteiger partial charge in [-0.2, -0.15) is 0 Å². The topological polar surface area (TPSA) is 3.24 Å². The van der Waals surface area contributed by atoms with Gasteiger partial charge in [0.25, 0.3) is 0 Å². The second kappa shape index (κ2) is 8.33. The van der Waals surface area contributed by atoms with E-state index in [1.807, 2.05) is 23.1 Å². The molecule has 0 N–H and O–H groups in total. The molecule has 2 aromatic rings. The van der Waals surface area contributed by atoms with Gasteiger partial charge in [-0.1, -0.05) is 49.0 Å². The van der Waals surface area contributed by atoms with Gasteiger partial charge < -0.3 is 0 Å². The monoisotopic (exact) mass is 412 g/mol. The van der Waals surface area contributed by atoms with Gasteiger partial charge in [-0.25, -0.2) is 22.0 Å². The van der Waals surface area contributed by atoms with Crippen molar-refractivity contribution < 1.29 is 22.0 Å². The minimum atomic E-state index is -2.11. The van der Waals surface area contributed by atoms with E-state index < -0.39 is 43.4 Å². The molecular weight excluding hydrogens is 389 g/mol. The smallest absolute Gasteiger partial charge is 0.200 e. The number of nitrogens with zero attached hydrogens (tertiary/aromatic N) is 1. The van der Waals surface area contributed by atoms with Crippen LogP contribution in [0.5, 0.6) is 0 Å². The van der Waals surface area contributed by atoms with E-state index in [4.69, 9.17) is 0 Å². The zero-order chi connectivity index (χ0) is 20.5. The van der Waals surface area contributed by atoms with Gasteiger partial charge in [0.05, 0.1) is 8.80 Å². The fourth-order valence-electron chi connectivity index (χ4n) is 4.18. The summed E-state index contributed by atoms with van der Waals surface area (Å²) in [6.45, 7) is 5.26. The predicted molar refractivity (Wildman–Crippen MR) is 101 cm³/mol. The van der Waals surface area contributed by atoms with Crippen molar-refractivity contribution >= 4 is 14.0 Å². The van der Waals surface area contributed by atoms with Gasteiger partial charge in [-0.05, 0) is 30.8 Å². The zero-order valence-corrected chi connectivity index (χ0v) is 17.0. The van der Waals surface area contributed by atoms with E-state index >= 15 is 0 Å². The van der Waals surface area contributed by atoms with Gasteiger partial charge in [-0.15, -0.1) is 0 Å². The molecule has 3 rings (SSSR count). The molecule has 1 unspecified atom stereocenters. The molecule has 0 saturated carbocycles. The summed E-state index contributed by atoms with van der Waals surface area (Å²) in [6, 6.07) is 11.2. The number of piperidine rings is 1. The fraction of sp³-hybridized carbons (Fsp3) is 0.429. The number of halogens is 5. The Labute approximate surface area is 163 Å². The molecule has 0 bridgehead atoms. The second-order valence-electron chi connectivity index (χ2n) is 8.00. The van der Waals surface area contributed by atoms with Crippen molar-refractivity contribution in [2.75, 3.05) is 13.1 Å². The number of likely N-dealkylation sites (tertiary alicyclic amines) is 1. The number of benzene rings is 2. The SMILES string of the molecule is C[Si](CC1(C)CCCN(Cc2c(F)c(F)c(F)c(F)c2F)C1)c1ccccc1. The Balaban J connectivity index is 1.75. The second-order valence-corrected chi connectivity index (χ2v) is 10.5. The minimum absolute atomic E-state index is 0.0544. The summed E-state index contributed by atoms with van der Waals surface area (Å²) < 4.78 is 68.3. The first kappa shape index (κ1) is 21.0. The van der Waals surface area contributed by atoms with Crippen LogP contribution in [0.3, 0.4) is 0 Å². The van der Waals surface area contributed by atoms with Crippen molar-refractivity contribution in [2.45, 2.75) is 38.9 Å². The number of hydrogen-bond acceptors (Lipinski definition) is 1. The molecule has 1 nitrogen and oxygen atoms in total. The Bertz CT molecular complexity index is 815. The van der Waals surface area contributed by atoms with E-state index in [0.717, 1.165) is 18.9 Å². The molecule has 1 atom stereocenters. The van der Waals surface area contributed by atoms with Crippen molar-refractivity contribution in [3.8, 4) is 0 Å². The molecule has 151 valence electrons. The lowest BCUT2D eigenvalue weighted by Crippen LogP contribution is -2.44. The zero-order valence-electron chi connectivity index (χ0n) is 16.0.